The summed E-state index contributed by atoms with van der Waals surface area (Å²) < 4.78 is 12.8. The highest BCUT2D eigenvalue weighted by molar-refractivity contribution is 5.59. The summed E-state index contributed by atoms with van der Waals surface area (Å²) in [6.45, 7) is 1.85. The summed E-state index contributed by atoms with van der Waals surface area (Å²) in [7, 11) is 1.84. The van der Waals surface area contributed by atoms with Crippen LogP contribution < -0.4 is 10.6 Å². The second-order valence-corrected chi connectivity index (χ2v) is 3.76. The molecule has 5 heteroatoms. The Morgan fingerprint density at radius 1 is 1.18 bits per heavy atom. The van der Waals surface area contributed by atoms with Crippen LogP contribution in [0.2, 0.25) is 0 Å². The molecule has 0 amide bonds. The average molecular weight is 232 g/mol. The molecule has 0 saturated heterocycles. The van der Waals surface area contributed by atoms with Crippen molar-refractivity contribution in [3.05, 3.63) is 41.8 Å². The molecule has 0 saturated carbocycles. The SMILES string of the molecule is Cc1cc(N(C)c2ccc(F)cc2)nc(N)n1. The van der Waals surface area contributed by atoms with E-state index in [4.69, 9.17) is 5.73 Å². The molecule has 88 valence electrons. The number of aromatic nitrogens is 2. The first kappa shape index (κ1) is 11.3. The van der Waals surface area contributed by atoms with Crippen LogP contribution in [-0.4, -0.2) is 17.0 Å². The topological polar surface area (TPSA) is 55.0 Å². The van der Waals surface area contributed by atoms with E-state index in [-0.39, 0.29) is 11.8 Å². The molecule has 0 aliphatic carbocycles. The normalized spacial score (nSPS) is 10.3. The summed E-state index contributed by atoms with van der Waals surface area (Å²) in [4.78, 5) is 9.96. The fraction of sp³-hybridized carbons (Fsp3) is 0.167. The third-order valence-electron chi connectivity index (χ3n) is 2.42. The molecule has 2 rings (SSSR count). The van der Waals surface area contributed by atoms with Crippen LogP contribution >= 0.6 is 0 Å². The lowest BCUT2D eigenvalue weighted by molar-refractivity contribution is 0.628. The van der Waals surface area contributed by atoms with Gasteiger partial charge in [-0.2, -0.15) is 4.98 Å². The molecular formula is C12H13FN4. The van der Waals surface area contributed by atoms with E-state index in [0.29, 0.717) is 5.82 Å². The summed E-state index contributed by atoms with van der Waals surface area (Å²) >= 11 is 0. The number of hydrogen-bond acceptors (Lipinski definition) is 4. The lowest BCUT2D eigenvalue weighted by Crippen LogP contribution is -2.13. The molecule has 1 aromatic heterocycles. The Labute approximate surface area is 98.9 Å². The van der Waals surface area contributed by atoms with Crippen molar-refractivity contribution in [2.45, 2.75) is 6.92 Å². The van der Waals surface area contributed by atoms with Crippen molar-refractivity contribution in [1.29, 1.82) is 0 Å². The van der Waals surface area contributed by atoms with Gasteiger partial charge in [-0.05, 0) is 31.2 Å². The number of halogens is 1. The lowest BCUT2D eigenvalue weighted by atomic mass is 10.3. The van der Waals surface area contributed by atoms with Crippen molar-refractivity contribution in [2.75, 3.05) is 17.7 Å². The van der Waals surface area contributed by atoms with E-state index >= 15 is 0 Å². The van der Waals surface area contributed by atoms with Gasteiger partial charge in [0.15, 0.2) is 0 Å². The van der Waals surface area contributed by atoms with Crippen molar-refractivity contribution >= 4 is 17.5 Å². The highest BCUT2D eigenvalue weighted by Gasteiger charge is 2.07. The highest BCUT2D eigenvalue weighted by atomic mass is 19.1. The van der Waals surface area contributed by atoms with Crippen LogP contribution in [0, 0.1) is 12.7 Å². The summed E-state index contributed by atoms with van der Waals surface area (Å²) in [6, 6.07) is 8.00. The molecular weight excluding hydrogens is 219 g/mol. The maximum absolute atomic E-state index is 12.8. The van der Waals surface area contributed by atoms with Gasteiger partial charge in [-0.15, -0.1) is 0 Å². The van der Waals surface area contributed by atoms with Gasteiger partial charge >= 0.3 is 0 Å². The number of hydrogen-bond donors (Lipinski definition) is 1. The Balaban J connectivity index is 2.36. The standard InChI is InChI=1S/C12H13FN4/c1-8-7-11(16-12(14)15-8)17(2)10-5-3-9(13)4-6-10/h3-7H,1-2H3,(H2,14,15,16). The zero-order chi connectivity index (χ0) is 12.4. The van der Waals surface area contributed by atoms with Crippen LogP contribution in [0.4, 0.5) is 21.8 Å². The predicted molar refractivity (Wildman–Crippen MR) is 65.6 cm³/mol. The summed E-state index contributed by atoms with van der Waals surface area (Å²) in [5, 5.41) is 0. The molecule has 1 aromatic carbocycles. The first-order valence-corrected chi connectivity index (χ1v) is 5.17. The number of anilines is 3. The zero-order valence-corrected chi connectivity index (χ0v) is 9.68. The molecule has 0 unspecified atom stereocenters. The van der Waals surface area contributed by atoms with E-state index in [0.717, 1.165) is 11.4 Å². The molecule has 17 heavy (non-hydrogen) atoms. The molecule has 0 spiro atoms. The van der Waals surface area contributed by atoms with Crippen LogP contribution in [-0.2, 0) is 0 Å². The quantitative estimate of drug-likeness (QED) is 0.863. The molecule has 0 aliphatic heterocycles. The Kier molecular flexibility index (Phi) is 2.91. The Morgan fingerprint density at radius 2 is 1.82 bits per heavy atom. The van der Waals surface area contributed by atoms with Gasteiger partial charge in [0.05, 0.1) is 0 Å². The minimum atomic E-state index is -0.263. The number of aryl methyl sites for hydroxylation is 1. The minimum Gasteiger partial charge on any atom is -0.368 e. The van der Waals surface area contributed by atoms with Crippen molar-refractivity contribution in [3.63, 3.8) is 0 Å². The van der Waals surface area contributed by atoms with Gasteiger partial charge in [-0.25, -0.2) is 9.37 Å². The van der Waals surface area contributed by atoms with Gasteiger partial charge in [0.25, 0.3) is 0 Å². The van der Waals surface area contributed by atoms with Crippen molar-refractivity contribution in [1.82, 2.24) is 9.97 Å². The van der Waals surface area contributed by atoms with Gasteiger partial charge in [0.1, 0.15) is 11.6 Å². The van der Waals surface area contributed by atoms with E-state index in [9.17, 15) is 4.39 Å². The van der Waals surface area contributed by atoms with Gasteiger partial charge in [0.2, 0.25) is 5.95 Å². The minimum absolute atomic E-state index is 0.231. The van der Waals surface area contributed by atoms with Crippen LogP contribution in [0.3, 0.4) is 0 Å². The molecule has 2 aromatic rings. The molecule has 2 N–H and O–H groups in total. The monoisotopic (exact) mass is 232 g/mol. The molecule has 0 bridgehead atoms. The number of benzene rings is 1. The predicted octanol–water partition coefficient (Wildman–Crippen LogP) is 2.27. The fourth-order valence-electron chi connectivity index (χ4n) is 1.54. The Bertz CT molecular complexity index is 504. The summed E-state index contributed by atoms with van der Waals surface area (Å²) in [5.41, 5.74) is 7.22. The van der Waals surface area contributed by atoms with Gasteiger partial charge in [-0.3, -0.25) is 0 Å². The van der Waals surface area contributed by atoms with Crippen molar-refractivity contribution in [3.8, 4) is 0 Å². The first-order chi connectivity index (χ1) is 8.06. The maximum atomic E-state index is 12.8. The first-order valence-electron chi connectivity index (χ1n) is 5.17. The van der Waals surface area contributed by atoms with Gasteiger partial charge < -0.3 is 10.6 Å². The lowest BCUT2D eigenvalue weighted by Gasteiger charge is -2.18. The fourth-order valence-corrected chi connectivity index (χ4v) is 1.54. The zero-order valence-electron chi connectivity index (χ0n) is 9.68. The number of nitrogens with two attached hydrogens (primary N) is 1. The van der Waals surface area contributed by atoms with E-state index in [1.165, 1.54) is 12.1 Å². The smallest absolute Gasteiger partial charge is 0.222 e. The van der Waals surface area contributed by atoms with Crippen LogP contribution in [0.15, 0.2) is 30.3 Å². The largest absolute Gasteiger partial charge is 0.368 e. The number of nitrogens with zero attached hydrogens (tertiary/aromatic N) is 3. The molecule has 0 radical (unpaired) electrons. The van der Waals surface area contributed by atoms with Crippen LogP contribution in [0.1, 0.15) is 5.69 Å². The average Bonchev–Trinajstić information content (AvgIpc) is 2.28. The Morgan fingerprint density at radius 3 is 2.41 bits per heavy atom. The van der Waals surface area contributed by atoms with Gasteiger partial charge in [-0.1, -0.05) is 0 Å². The van der Waals surface area contributed by atoms with E-state index < -0.39 is 0 Å². The van der Waals surface area contributed by atoms with Crippen LogP contribution in [0.5, 0.6) is 0 Å². The van der Waals surface area contributed by atoms with E-state index in [1.807, 2.05) is 24.9 Å². The number of rotatable bonds is 2. The maximum Gasteiger partial charge on any atom is 0.222 e. The summed E-state index contributed by atoms with van der Waals surface area (Å²) in [6.07, 6.45) is 0. The molecule has 0 fully saturated rings. The molecule has 1 heterocycles. The molecule has 0 atom stereocenters. The molecule has 0 aliphatic rings. The second-order valence-electron chi connectivity index (χ2n) is 3.76. The molecule has 4 nitrogen and oxygen atoms in total. The van der Waals surface area contributed by atoms with Crippen molar-refractivity contribution in [2.24, 2.45) is 0 Å². The third kappa shape index (κ3) is 2.50. The van der Waals surface area contributed by atoms with E-state index in [1.54, 1.807) is 12.1 Å². The van der Waals surface area contributed by atoms with Crippen molar-refractivity contribution < 1.29 is 4.39 Å². The summed E-state index contributed by atoms with van der Waals surface area (Å²) in [5.74, 6) is 0.649. The highest BCUT2D eigenvalue weighted by Crippen LogP contribution is 2.22. The third-order valence-corrected chi connectivity index (χ3v) is 2.42. The Hall–Kier alpha value is -2.17. The van der Waals surface area contributed by atoms with Crippen LogP contribution in [0.25, 0.3) is 0 Å². The number of nitrogen functional groups attached to an aromatic ring is 1. The second kappa shape index (κ2) is 4.37. The van der Waals surface area contributed by atoms with E-state index in [2.05, 4.69) is 9.97 Å². The van der Waals surface area contributed by atoms with Gasteiger partial charge in [0, 0.05) is 24.5 Å².